The highest BCUT2D eigenvalue weighted by molar-refractivity contribution is 7.99. The first-order chi connectivity index (χ1) is 9.83. The van der Waals surface area contributed by atoms with Crippen molar-refractivity contribution in [2.75, 3.05) is 5.75 Å². The van der Waals surface area contributed by atoms with Gasteiger partial charge < -0.3 is 0 Å². The Morgan fingerprint density at radius 1 is 1.50 bits per heavy atom. The van der Waals surface area contributed by atoms with Crippen LogP contribution in [0, 0.1) is 0 Å². The van der Waals surface area contributed by atoms with Gasteiger partial charge in [-0.05, 0) is 18.6 Å². The van der Waals surface area contributed by atoms with E-state index in [9.17, 15) is 0 Å². The molecule has 6 heteroatoms. The molecule has 0 saturated heterocycles. The number of hydrogen-bond acceptors (Lipinski definition) is 5. The third kappa shape index (κ3) is 2.46. The molecule has 0 spiro atoms. The van der Waals surface area contributed by atoms with E-state index in [2.05, 4.69) is 46.7 Å². The van der Waals surface area contributed by atoms with Crippen LogP contribution in [0.5, 0.6) is 0 Å². The minimum Gasteiger partial charge on any atom is -0.271 e. The van der Waals surface area contributed by atoms with E-state index in [4.69, 9.17) is 5.84 Å². The molecular weight excluding hydrogens is 270 g/mol. The third-order valence-corrected chi connectivity index (χ3v) is 5.04. The number of aryl methyl sites for hydroxylation is 1. The zero-order valence-electron chi connectivity index (χ0n) is 11.5. The van der Waals surface area contributed by atoms with Crippen molar-refractivity contribution >= 4 is 11.8 Å². The molecule has 2 unspecified atom stereocenters. The molecule has 0 saturated carbocycles. The van der Waals surface area contributed by atoms with E-state index in [0.29, 0.717) is 5.92 Å². The molecule has 1 aromatic carbocycles. The van der Waals surface area contributed by atoms with Crippen molar-refractivity contribution in [1.29, 1.82) is 0 Å². The van der Waals surface area contributed by atoms with E-state index in [1.54, 1.807) is 6.33 Å². The normalized spacial score (nSPS) is 19.0. The van der Waals surface area contributed by atoms with Crippen LogP contribution in [0.25, 0.3) is 0 Å². The Bertz CT molecular complexity index is 582. The molecule has 0 amide bonds. The lowest BCUT2D eigenvalue weighted by atomic mass is 9.91. The largest absolute Gasteiger partial charge is 0.271 e. The number of benzene rings is 1. The Morgan fingerprint density at radius 3 is 3.15 bits per heavy atom. The zero-order chi connectivity index (χ0) is 13.9. The number of nitrogens with two attached hydrogens (primary N) is 1. The average molecular weight is 289 g/mol. The Hall–Kier alpha value is -1.37. The van der Waals surface area contributed by atoms with E-state index in [-0.39, 0.29) is 6.04 Å². The Balaban J connectivity index is 1.81. The second kappa shape index (κ2) is 5.95. The molecule has 106 valence electrons. The van der Waals surface area contributed by atoms with Crippen molar-refractivity contribution in [3.8, 4) is 0 Å². The number of aromatic nitrogens is 3. The predicted octanol–water partition coefficient (Wildman–Crippen LogP) is 1.56. The van der Waals surface area contributed by atoms with Gasteiger partial charge in [0.2, 0.25) is 0 Å². The van der Waals surface area contributed by atoms with Crippen molar-refractivity contribution in [1.82, 2.24) is 20.2 Å². The molecule has 5 nitrogen and oxygen atoms in total. The molecule has 1 aliphatic rings. The molecule has 1 aliphatic heterocycles. The van der Waals surface area contributed by atoms with Crippen LogP contribution in [0.1, 0.15) is 24.2 Å². The summed E-state index contributed by atoms with van der Waals surface area (Å²) >= 11 is 1.90. The maximum atomic E-state index is 5.80. The fraction of sp³-hybridized carbons (Fsp3) is 0.429. The van der Waals surface area contributed by atoms with Crippen LogP contribution in [0.4, 0.5) is 0 Å². The van der Waals surface area contributed by atoms with Crippen LogP contribution in [0.3, 0.4) is 0 Å². The van der Waals surface area contributed by atoms with E-state index >= 15 is 0 Å². The molecule has 20 heavy (non-hydrogen) atoms. The minimum atomic E-state index is 0.181. The highest BCUT2D eigenvalue weighted by Gasteiger charge is 2.30. The summed E-state index contributed by atoms with van der Waals surface area (Å²) in [5.41, 5.74) is 4.37. The van der Waals surface area contributed by atoms with E-state index in [1.807, 2.05) is 16.4 Å². The van der Waals surface area contributed by atoms with Crippen LogP contribution in [-0.4, -0.2) is 26.6 Å². The van der Waals surface area contributed by atoms with Crippen molar-refractivity contribution < 1.29 is 0 Å². The molecule has 3 rings (SSSR count). The maximum Gasteiger partial charge on any atom is 0.138 e. The number of fused-ring (bicyclic) bond motifs is 1. The first kappa shape index (κ1) is 13.6. The van der Waals surface area contributed by atoms with Gasteiger partial charge in [0, 0.05) is 35.6 Å². The SMILES string of the molecule is CCn1ncnc1CC(NN)C1CSc2ccccc21. The predicted molar refractivity (Wildman–Crippen MR) is 80.4 cm³/mol. The summed E-state index contributed by atoms with van der Waals surface area (Å²) in [7, 11) is 0. The number of rotatable bonds is 5. The fourth-order valence-corrected chi connectivity index (χ4v) is 4.08. The molecule has 0 radical (unpaired) electrons. The van der Waals surface area contributed by atoms with Crippen molar-refractivity contribution in [2.45, 2.75) is 36.7 Å². The van der Waals surface area contributed by atoms with Crippen molar-refractivity contribution in [3.05, 3.63) is 42.0 Å². The van der Waals surface area contributed by atoms with Crippen LogP contribution in [-0.2, 0) is 13.0 Å². The summed E-state index contributed by atoms with van der Waals surface area (Å²) in [5, 5.41) is 4.22. The Morgan fingerprint density at radius 2 is 2.35 bits per heavy atom. The molecule has 2 aromatic rings. The van der Waals surface area contributed by atoms with E-state index in [0.717, 1.165) is 24.5 Å². The number of hydrazine groups is 1. The Labute approximate surface area is 122 Å². The second-order valence-corrected chi connectivity index (χ2v) is 5.99. The van der Waals surface area contributed by atoms with Gasteiger partial charge in [0.05, 0.1) is 0 Å². The average Bonchev–Trinajstić information content (AvgIpc) is 3.11. The molecule has 3 N–H and O–H groups in total. The summed E-state index contributed by atoms with van der Waals surface area (Å²) in [5.74, 6) is 8.28. The first-order valence-electron chi connectivity index (χ1n) is 6.88. The quantitative estimate of drug-likeness (QED) is 0.646. The standard InChI is InChI=1S/C14H19N5S/c1-2-19-14(16-9-17-19)7-12(18-15)11-8-20-13-6-4-3-5-10(11)13/h3-6,9,11-12,18H,2,7-8,15H2,1H3. The highest BCUT2D eigenvalue weighted by Crippen LogP contribution is 2.41. The molecule has 2 heterocycles. The van der Waals surface area contributed by atoms with Gasteiger partial charge in [0.15, 0.2) is 0 Å². The summed E-state index contributed by atoms with van der Waals surface area (Å²) in [6, 6.07) is 8.75. The van der Waals surface area contributed by atoms with Gasteiger partial charge in [-0.3, -0.25) is 16.0 Å². The second-order valence-electron chi connectivity index (χ2n) is 4.92. The summed E-state index contributed by atoms with van der Waals surface area (Å²) in [4.78, 5) is 5.72. The van der Waals surface area contributed by atoms with E-state index in [1.165, 1.54) is 10.5 Å². The monoisotopic (exact) mass is 289 g/mol. The minimum absolute atomic E-state index is 0.181. The van der Waals surface area contributed by atoms with Gasteiger partial charge >= 0.3 is 0 Å². The van der Waals surface area contributed by atoms with E-state index < -0.39 is 0 Å². The molecule has 0 fully saturated rings. The maximum absolute atomic E-state index is 5.80. The van der Waals surface area contributed by atoms with Crippen LogP contribution in [0.15, 0.2) is 35.5 Å². The smallest absolute Gasteiger partial charge is 0.138 e. The van der Waals surface area contributed by atoms with Gasteiger partial charge in [-0.2, -0.15) is 5.10 Å². The Kier molecular flexibility index (Phi) is 4.05. The zero-order valence-corrected chi connectivity index (χ0v) is 12.3. The summed E-state index contributed by atoms with van der Waals surface area (Å²) in [6.45, 7) is 2.91. The number of thioether (sulfide) groups is 1. The lowest BCUT2D eigenvalue weighted by Gasteiger charge is -2.22. The first-order valence-corrected chi connectivity index (χ1v) is 7.86. The van der Waals surface area contributed by atoms with Crippen LogP contribution >= 0.6 is 11.8 Å². The molecule has 0 aliphatic carbocycles. The van der Waals surface area contributed by atoms with Crippen molar-refractivity contribution in [3.63, 3.8) is 0 Å². The molecular formula is C14H19N5S. The van der Waals surface area contributed by atoms with Gasteiger partial charge in [0.25, 0.3) is 0 Å². The van der Waals surface area contributed by atoms with Gasteiger partial charge in [-0.15, -0.1) is 11.8 Å². The lowest BCUT2D eigenvalue weighted by molar-refractivity contribution is 0.442. The number of nitrogens with zero attached hydrogens (tertiary/aromatic N) is 3. The topological polar surface area (TPSA) is 68.8 Å². The van der Waals surface area contributed by atoms with Gasteiger partial charge in [-0.25, -0.2) is 4.98 Å². The van der Waals surface area contributed by atoms with Crippen LogP contribution < -0.4 is 11.3 Å². The number of hydrogen-bond donors (Lipinski definition) is 2. The molecule has 2 atom stereocenters. The molecule has 0 bridgehead atoms. The number of nitrogens with one attached hydrogen (secondary N) is 1. The third-order valence-electron chi connectivity index (χ3n) is 3.83. The summed E-state index contributed by atoms with van der Waals surface area (Å²) in [6.07, 6.45) is 2.41. The van der Waals surface area contributed by atoms with Gasteiger partial charge in [-0.1, -0.05) is 18.2 Å². The molecule has 1 aromatic heterocycles. The fourth-order valence-electron chi connectivity index (χ4n) is 2.74. The highest BCUT2D eigenvalue weighted by atomic mass is 32.2. The summed E-state index contributed by atoms with van der Waals surface area (Å²) < 4.78 is 1.93. The van der Waals surface area contributed by atoms with Crippen molar-refractivity contribution in [2.24, 2.45) is 5.84 Å². The van der Waals surface area contributed by atoms with Gasteiger partial charge in [0.1, 0.15) is 12.2 Å². The van der Waals surface area contributed by atoms with Crippen LogP contribution in [0.2, 0.25) is 0 Å². The lowest BCUT2D eigenvalue weighted by Crippen LogP contribution is -2.42.